The van der Waals surface area contributed by atoms with Gasteiger partial charge < -0.3 is 16.8 Å². The molecule has 0 saturated heterocycles. The van der Waals surface area contributed by atoms with Gasteiger partial charge in [-0.15, -0.1) is 0 Å². The van der Waals surface area contributed by atoms with Crippen LogP contribution in [0.15, 0.2) is 29.3 Å². The molecule has 0 heterocycles. The molecule has 5 N–H and O–H groups in total. The average Bonchev–Trinajstić information content (AvgIpc) is 2.36. The van der Waals surface area contributed by atoms with E-state index in [9.17, 15) is 4.79 Å². The minimum atomic E-state index is -0.0575. The number of nitrogens with one attached hydrogen (secondary N) is 1. The largest absolute Gasteiger partial charge is 0.370 e. The van der Waals surface area contributed by atoms with Gasteiger partial charge in [-0.2, -0.15) is 0 Å². The van der Waals surface area contributed by atoms with Crippen molar-refractivity contribution in [2.45, 2.75) is 32.7 Å². The number of amides is 1. The molecule has 0 saturated carbocycles. The fourth-order valence-electron chi connectivity index (χ4n) is 1.60. The van der Waals surface area contributed by atoms with E-state index in [0.29, 0.717) is 25.4 Å². The number of rotatable bonds is 6. The molecule has 0 unspecified atom stereocenters. The molecule has 0 atom stereocenters. The van der Waals surface area contributed by atoms with Gasteiger partial charge in [0.05, 0.1) is 6.54 Å². The molecule has 0 radical (unpaired) electrons. The molecule has 1 aromatic rings. The van der Waals surface area contributed by atoms with Crippen molar-refractivity contribution in [1.29, 1.82) is 0 Å². The van der Waals surface area contributed by atoms with E-state index in [1.54, 1.807) is 0 Å². The van der Waals surface area contributed by atoms with Crippen molar-refractivity contribution in [2.75, 3.05) is 6.54 Å². The SMILES string of the molecule is CC(C)c1ccc(CNC(=O)CCN=C(N)N)cc1. The second kappa shape index (κ2) is 7.41. The topological polar surface area (TPSA) is 93.5 Å². The Kier molecular flexibility index (Phi) is 5.85. The van der Waals surface area contributed by atoms with E-state index in [4.69, 9.17) is 11.5 Å². The van der Waals surface area contributed by atoms with Gasteiger partial charge in [0.25, 0.3) is 0 Å². The van der Waals surface area contributed by atoms with E-state index < -0.39 is 0 Å². The number of hydrogen-bond donors (Lipinski definition) is 3. The molecule has 104 valence electrons. The summed E-state index contributed by atoms with van der Waals surface area (Å²) >= 11 is 0. The van der Waals surface area contributed by atoms with Crippen molar-refractivity contribution in [2.24, 2.45) is 16.5 Å². The van der Waals surface area contributed by atoms with Crippen LogP contribution < -0.4 is 16.8 Å². The van der Waals surface area contributed by atoms with Gasteiger partial charge in [0.15, 0.2) is 5.96 Å². The van der Waals surface area contributed by atoms with Crippen molar-refractivity contribution in [1.82, 2.24) is 5.32 Å². The quantitative estimate of drug-likeness (QED) is 0.529. The summed E-state index contributed by atoms with van der Waals surface area (Å²) in [6.07, 6.45) is 0.294. The summed E-state index contributed by atoms with van der Waals surface area (Å²) in [6, 6.07) is 8.24. The minimum Gasteiger partial charge on any atom is -0.370 e. The van der Waals surface area contributed by atoms with E-state index in [1.807, 2.05) is 12.1 Å². The molecule has 0 aliphatic rings. The van der Waals surface area contributed by atoms with Crippen molar-refractivity contribution in [3.05, 3.63) is 35.4 Å². The lowest BCUT2D eigenvalue weighted by Gasteiger charge is -2.08. The van der Waals surface area contributed by atoms with Crippen LogP contribution in [0.3, 0.4) is 0 Å². The normalized spacial score (nSPS) is 10.3. The number of hydrogen-bond acceptors (Lipinski definition) is 2. The summed E-state index contributed by atoms with van der Waals surface area (Å²) in [5.41, 5.74) is 12.7. The Morgan fingerprint density at radius 2 is 1.89 bits per heavy atom. The third kappa shape index (κ3) is 5.90. The van der Waals surface area contributed by atoms with Crippen molar-refractivity contribution in [3.63, 3.8) is 0 Å². The molecule has 0 aliphatic heterocycles. The van der Waals surface area contributed by atoms with Gasteiger partial charge in [0, 0.05) is 13.0 Å². The molecular weight excluding hydrogens is 240 g/mol. The number of guanidine groups is 1. The van der Waals surface area contributed by atoms with Crippen molar-refractivity contribution < 1.29 is 4.79 Å². The second-order valence-electron chi connectivity index (χ2n) is 4.73. The molecule has 0 bridgehead atoms. The number of aliphatic imine (C=N–C) groups is 1. The predicted octanol–water partition coefficient (Wildman–Crippen LogP) is 1.09. The molecule has 5 heteroatoms. The van der Waals surface area contributed by atoms with Crippen LogP contribution in [0.1, 0.15) is 37.3 Å². The summed E-state index contributed by atoms with van der Waals surface area (Å²) in [6.45, 7) is 5.15. The molecule has 19 heavy (non-hydrogen) atoms. The van der Waals surface area contributed by atoms with Crippen LogP contribution in [0, 0.1) is 0 Å². The number of nitrogens with zero attached hydrogens (tertiary/aromatic N) is 1. The van der Waals surface area contributed by atoms with Crippen LogP contribution in [0.4, 0.5) is 0 Å². The van der Waals surface area contributed by atoms with Crippen LogP contribution in [-0.4, -0.2) is 18.4 Å². The Balaban J connectivity index is 2.36. The van der Waals surface area contributed by atoms with Crippen LogP contribution in [0.25, 0.3) is 0 Å². The fraction of sp³-hybridized carbons (Fsp3) is 0.429. The smallest absolute Gasteiger partial charge is 0.222 e. The Hall–Kier alpha value is -2.04. The average molecular weight is 262 g/mol. The first kappa shape index (κ1) is 15.0. The maximum Gasteiger partial charge on any atom is 0.222 e. The maximum atomic E-state index is 11.5. The zero-order chi connectivity index (χ0) is 14.3. The number of nitrogens with two attached hydrogens (primary N) is 2. The van der Waals surface area contributed by atoms with Crippen molar-refractivity contribution >= 4 is 11.9 Å². The first-order valence-electron chi connectivity index (χ1n) is 6.40. The Bertz CT molecular complexity index is 433. The Morgan fingerprint density at radius 3 is 2.42 bits per heavy atom. The molecule has 1 aromatic carbocycles. The van der Waals surface area contributed by atoms with Crippen LogP contribution >= 0.6 is 0 Å². The second-order valence-corrected chi connectivity index (χ2v) is 4.73. The zero-order valence-electron chi connectivity index (χ0n) is 11.5. The Labute approximate surface area is 114 Å². The molecule has 0 spiro atoms. The highest BCUT2D eigenvalue weighted by atomic mass is 16.1. The monoisotopic (exact) mass is 262 g/mol. The lowest BCUT2D eigenvalue weighted by atomic mass is 10.0. The number of carbonyl (C=O) groups is 1. The van der Waals surface area contributed by atoms with Crippen molar-refractivity contribution in [3.8, 4) is 0 Å². The van der Waals surface area contributed by atoms with E-state index in [-0.39, 0.29) is 11.9 Å². The number of carbonyl (C=O) groups excluding carboxylic acids is 1. The molecular formula is C14H22N4O. The third-order valence-corrected chi connectivity index (χ3v) is 2.77. The van der Waals surface area contributed by atoms with Crippen LogP contribution in [0.5, 0.6) is 0 Å². The third-order valence-electron chi connectivity index (χ3n) is 2.77. The molecule has 0 aliphatic carbocycles. The van der Waals surface area contributed by atoms with E-state index >= 15 is 0 Å². The lowest BCUT2D eigenvalue weighted by Crippen LogP contribution is -2.26. The predicted molar refractivity (Wildman–Crippen MR) is 77.7 cm³/mol. The minimum absolute atomic E-state index is 0.0112. The van der Waals surface area contributed by atoms with Gasteiger partial charge in [-0.05, 0) is 17.0 Å². The molecule has 5 nitrogen and oxygen atoms in total. The summed E-state index contributed by atoms with van der Waals surface area (Å²) in [4.78, 5) is 15.3. The van der Waals surface area contributed by atoms with Gasteiger partial charge >= 0.3 is 0 Å². The van der Waals surface area contributed by atoms with Gasteiger partial charge in [0.1, 0.15) is 0 Å². The van der Waals surface area contributed by atoms with E-state index in [2.05, 4.69) is 36.3 Å². The highest BCUT2D eigenvalue weighted by molar-refractivity contribution is 5.78. The van der Waals surface area contributed by atoms with Crippen LogP contribution in [0.2, 0.25) is 0 Å². The fourth-order valence-corrected chi connectivity index (χ4v) is 1.60. The van der Waals surface area contributed by atoms with E-state index in [0.717, 1.165) is 5.56 Å². The standard InChI is InChI=1S/C14H22N4O/c1-10(2)12-5-3-11(4-6-12)9-18-13(19)7-8-17-14(15)16/h3-6,10H,7-9H2,1-2H3,(H,18,19)(H4,15,16,17). The zero-order valence-corrected chi connectivity index (χ0v) is 11.5. The summed E-state index contributed by atoms with van der Waals surface area (Å²) in [5, 5.41) is 2.83. The van der Waals surface area contributed by atoms with Gasteiger partial charge in [-0.3, -0.25) is 9.79 Å². The summed E-state index contributed by atoms with van der Waals surface area (Å²) in [5.74, 6) is 0.471. The van der Waals surface area contributed by atoms with E-state index in [1.165, 1.54) is 5.56 Å². The Morgan fingerprint density at radius 1 is 1.26 bits per heavy atom. The molecule has 0 aromatic heterocycles. The maximum absolute atomic E-state index is 11.5. The molecule has 1 amide bonds. The highest BCUT2D eigenvalue weighted by Crippen LogP contribution is 2.14. The van der Waals surface area contributed by atoms with Gasteiger partial charge in [0.2, 0.25) is 5.91 Å². The first-order valence-corrected chi connectivity index (χ1v) is 6.40. The van der Waals surface area contributed by atoms with Gasteiger partial charge in [-0.25, -0.2) is 0 Å². The highest BCUT2D eigenvalue weighted by Gasteiger charge is 2.02. The molecule has 0 fully saturated rings. The number of benzene rings is 1. The first-order chi connectivity index (χ1) is 8.99. The summed E-state index contributed by atoms with van der Waals surface area (Å²) in [7, 11) is 0. The molecule has 1 rings (SSSR count). The summed E-state index contributed by atoms with van der Waals surface area (Å²) < 4.78 is 0. The lowest BCUT2D eigenvalue weighted by molar-refractivity contribution is -0.121. The van der Waals surface area contributed by atoms with Gasteiger partial charge in [-0.1, -0.05) is 38.1 Å². The van der Waals surface area contributed by atoms with Crippen LogP contribution in [-0.2, 0) is 11.3 Å².